The SMILES string of the molecule is CCNC(=NCC(C)(O)c1ccc(C)o1)NCCc1c(C)nn(C)c1C. The van der Waals surface area contributed by atoms with E-state index in [-0.39, 0.29) is 6.54 Å². The van der Waals surface area contributed by atoms with Crippen molar-refractivity contribution in [3.05, 3.63) is 40.6 Å². The highest BCUT2D eigenvalue weighted by molar-refractivity contribution is 5.79. The molecule has 0 spiro atoms. The quantitative estimate of drug-likeness (QED) is 0.518. The van der Waals surface area contributed by atoms with Crippen LogP contribution in [0.1, 0.15) is 42.3 Å². The number of hydrogen-bond acceptors (Lipinski definition) is 4. The van der Waals surface area contributed by atoms with Gasteiger partial charge in [0.05, 0.1) is 12.2 Å². The Morgan fingerprint density at radius 3 is 2.58 bits per heavy atom. The highest BCUT2D eigenvalue weighted by Crippen LogP contribution is 2.23. The van der Waals surface area contributed by atoms with Crippen LogP contribution in [0, 0.1) is 20.8 Å². The molecule has 0 aliphatic heterocycles. The minimum Gasteiger partial charge on any atom is -0.463 e. The lowest BCUT2D eigenvalue weighted by molar-refractivity contribution is 0.0428. The van der Waals surface area contributed by atoms with E-state index in [1.807, 2.05) is 38.6 Å². The van der Waals surface area contributed by atoms with Gasteiger partial charge in [-0.15, -0.1) is 0 Å². The Balaban J connectivity index is 1.98. The van der Waals surface area contributed by atoms with Crippen molar-refractivity contribution in [3.63, 3.8) is 0 Å². The van der Waals surface area contributed by atoms with Crippen molar-refractivity contribution in [3.8, 4) is 0 Å². The van der Waals surface area contributed by atoms with Gasteiger partial charge in [0.15, 0.2) is 5.96 Å². The van der Waals surface area contributed by atoms with E-state index < -0.39 is 5.60 Å². The summed E-state index contributed by atoms with van der Waals surface area (Å²) in [4.78, 5) is 4.52. The van der Waals surface area contributed by atoms with Crippen molar-refractivity contribution >= 4 is 5.96 Å². The summed E-state index contributed by atoms with van der Waals surface area (Å²) in [5, 5.41) is 21.6. The van der Waals surface area contributed by atoms with Crippen molar-refractivity contribution in [2.24, 2.45) is 12.0 Å². The van der Waals surface area contributed by atoms with Crippen LogP contribution >= 0.6 is 0 Å². The zero-order valence-corrected chi connectivity index (χ0v) is 16.7. The second-order valence-corrected chi connectivity index (χ2v) is 6.83. The van der Waals surface area contributed by atoms with Gasteiger partial charge in [-0.1, -0.05) is 0 Å². The number of aliphatic imine (C=N–C) groups is 1. The van der Waals surface area contributed by atoms with Gasteiger partial charge < -0.3 is 20.2 Å². The van der Waals surface area contributed by atoms with Gasteiger partial charge in [0, 0.05) is 25.8 Å². The van der Waals surface area contributed by atoms with E-state index in [2.05, 4.69) is 27.6 Å². The zero-order valence-electron chi connectivity index (χ0n) is 16.7. The van der Waals surface area contributed by atoms with Crippen molar-refractivity contribution in [1.82, 2.24) is 20.4 Å². The normalized spacial score (nSPS) is 14.3. The molecule has 0 saturated carbocycles. The second kappa shape index (κ2) is 8.40. The molecule has 0 amide bonds. The standard InChI is InChI=1S/C19H31N5O2/c1-7-20-18(21-11-10-16-14(3)23-24(6)15(16)4)22-12-19(5,25)17-9-8-13(2)26-17/h8-9,25H,7,10-12H2,1-6H3,(H2,20,21,22). The molecule has 144 valence electrons. The van der Waals surface area contributed by atoms with Gasteiger partial charge in [0.25, 0.3) is 0 Å². The topological polar surface area (TPSA) is 87.6 Å². The molecule has 0 radical (unpaired) electrons. The fraction of sp³-hybridized carbons (Fsp3) is 0.579. The highest BCUT2D eigenvalue weighted by atomic mass is 16.4. The average Bonchev–Trinajstić information content (AvgIpc) is 3.11. The lowest BCUT2D eigenvalue weighted by atomic mass is 10.0. The van der Waals surface area contributed by atoms with Crippen LogP contribution in [-0.2, 0) is 19.1 Å². The Hall–Kier alpha value is -2.28. The molecule has 2 heterocycles. The van der Waals surface area contributed by atoms with E-state index in [1.165, 1.54) is 11.3 Å². The lowest BCUT2D eigenvalue weighted by Crippen LogP contribution is -2.39. The first kappa shape index (κ1) is 20.0. The molecule has 7 heteroatoms. The molecular weight excluding hydrogens is 330 g/mol. The maximum absolute atomic E-state index is 10.6. The molecule has 2 aromatic rings. The Labute approximate surface area is 155 Å². The second-order valence-electron chi connectivity index (χ2n) is 6.83. The maximum atomic E-state index is 10.6. The summed E-state index contributed by atoms with van der Waals surface area (Å²) >= 11 is 0. The summed E-state index contributed by atoms with van der Waals surface area (Å²) < 4.78 is 7.45. The predicted molar refractivity (Wildman–Crippen MR) is 103 cm³/mol. The average molecular weight is 361 g/mol. The molecular formula is C19H31N5O2. The molecule has 0 fully saturated rings. The molecule has 2 rings (SSSR count). The van der Waals surface area contributed by atoms with Crippen LogP contribution in [-0.4, -0.2) is 40.5 Å². The molecule has 0 aliphatic carbocycles. The number of furan rings is 1. The Kier molecular flexibility index (Phi) is 6.47. The Morgan fingerprint density at radius 1 is 1.31 bits per heavy atom. The van der Waals surface area contributed by atoms with E-state index >= 15 is 0 Å². The number of hydrogen-bond donors (Lipinski definition) is 3. The van der Waals surface area contributed by atoms with Gasteiger partial charge in [0.2, 0.25) is 0 Å². The van der Waals surface area contributed by atoms with E-state index in [9.17, 15) is 5.11 Å². The Bertz CT molecular complexity index is 758. The van der Waals surface area contributed by atoms with E-state index in [1.54, 1.807) is 13.0 Å². The monoisotopic (exact) mass is 361 g/mol. The molecule has 0 saturated heterocycles. The number of nitrogens with zero attached hydrogens (tertiary/aromatic N) is 3. The molecule has 1 atom stereocenters. The number of aryl methyl sites for hydroxylation is 3. The largest absolute Gasteiger partial charge is 0.463 e. The van der Waals surface area contributed by atoms with Crippen molar-refractivity contribution in [2.75, 3.05) is 19.6 Å². The van der Waals surface area contributed by atoms with Crippen LogP contribution in [0.25, 0.3) is 0 Å². The zero-order chi connectivity index (χ0) is 19.3. The summed E-state index contributed by atoms with van der Waals surface area (Å²) in [5.41, 5.74) is 2.36. The minimum atomic E-state index is -1.15. The van der Waals surface area contributed by atoms with Crippen LogP contribution in [0.2, 0.25) is 0 Å². The molecule has 2 aromatic heterocycles. The van der Waals surface area contributed by atoms with E-state index in [4.69, 9.17) is 4.42 Å². The van der Waals surface area contributed by atoms with Gasteiger partial charge in [-0.05, 0) is 58.7 Å². The summed E-state index contributed by atoms with van der Waals surface area (Å²) in [5.74, 6) is 1.97. The summed E-state index contributed by atoms with van der Waals surface area (Å²) in [6, 6.07) is 3.63. The summed E-state index contributed by atoms with van der Waals surface area (Å²) in [6.07, 6.45) is 0.865. The molecule has 0 aliphatic rings. The number of rotatable bonds is 7. The van der Waals surface area contributed by atoms with Crippen LogP contribution in [0.5, 0.6) is 0 Å². The van der Waals surface area contributed by atoms with Crippen molar-refractivity contribution in [1.29, 1.82) is 0 Å². The summed E-state index contributed by atoms with van der Waals surface area (Å²) in [7, 11) is 1.96. The molecule has 1 unspecified atom stereocenters. The minimum absolute atomic E-state index is 0.209. The van der Waals surface area contributed by atoms with Gasteiger partial charge in [-0.3, -0.25) is 4.68 Å². The smallest absolute Gasteiger partial charge is 0.191 e. The van der Waals surface area contributed by atoms with Gasteiger partial charge in [0.1, 0.15) is 17.1 Å². The number of aliphatic hydroxyl groups is 1. The predicted octanol–water partition coefficient (Wildman–Crippen LogP) is 1.94. The maximum Gasteiger partial charge on any atom is 0.191 e. The Morgan fingerprint density at radius 2 is 2.04 bits per heavy atom. The third kappa shape index (κ3) is 4.88. The molecule has 7 nitrogen and oxygen atoms in total. The molecule has 0 aromatic carbocycles. The van der Waals surface area contributed by atoms with Gasteiger partial charge >= 0.3 is 0 Å². The van der Waals surface area contributed by atoms with Crippen LogP contribution < -0.4 is 10.6 Å². The van der Waals surface area contributed by atoms with Crippen LogP contribution in [0.4, 0.5) is 0 Å². The molecule has 26 heavy (non-hydrogen) atoms. The summed E-state index contributed by atoms with van der Waals surface area (Å²) in [6.45, 7) is 11.4. The highest BCUT2D eigenvalue weighted by Gasteiger charge is 2.26. The van der Waals surface area contributed by atoms with Crippen LogP contribution in [0.3, 0.4) is 0 Å². The third-order valence-electron chi connectivity index (χ3n) is 4.49. The lowest BCUT2D eigenvalue weighted by Gasteiger charge is -2.19. The first-order valence-corrected chi connectivity index (χ1v) is 9.05. The first-order valence-electron chi connectivity index (χ1n) is 9.05. The number of aromatic nitrogens is 2. The van der Waals surface area contributed by atoms with Crippen LogP contribution in [0.15, 0.2) is 21.5 Å². The fourth-order valence-corrected chi connectivity index (χ4v) is 2.86. The molecule has 0 bridgehead atoms. The van der Waals surface area contributed by atoms with Gasteiger partial charge in [-0.25, -0.2) is 4.99 Å². The third-order valence-corrected chi connectivity index (χ3v) is 4.49. The molecule has 3 N–H and O–H groups in total. The fourth-order valence-electron chi connectivity index (χ4n) is 2.86. The number of guanidine groups is 1. The van der Waals surface area contributed by atoms with E-state index in [0.29, 0.717) is 11.7 Å². The number of nitrogens with one attached hydrogen (secondary N) is 2. The van der Waals surface area contributed by atoms with Crippen molar-refractivity contribution < 1.29 is 9.52 Å². The van der Waals surface area contributed by atoms with Gasteiger partial charge in [-0.2, -0.15) is 5.10 Å². The van der Waals surface area contributed by atoms with Crippen molar-refractivity contribution in [2.45, 2.75) is 46.6 Å². The first-order chi connectivity index (χ1) is 12.2. The van der Waals surface area contributed by atoms with E-state index in [0.717, 1.165) is 31.0 Å².